The van der Waals surface area contributed by atoms with E-state index in [-0.39, 0.29) is 24.8 Å². The molecule has 0 aromatic rings. The van der Waals surface area contributed by atoms with Gasteiger partial charge < -0.3 is 10.2 Å². The number of hydrogen-bond acceptors (Lipinski definition) is 2. The number of piperidine rings is 1. The summed E-state index contributed by atoms with van der Waals surface area (Å²) in [7, 11) is 4.37. The molecule has 1 aliphatic carbocycles. The molecule has 2 aliphatic rings. The summed E-state index contributed by atoms with van der Waals surface area (Å²) in [5.41, 5.74) is 0. The predicted molar refractivity (Wildman–Crippen MR) is 51.8 cm³/mol. The van der Waals surface area contributed by atoms with Gasteiger partial charge in [-0.2, -0.15) is 0 Å². The Labute approximate surface area is 80.5 Å². The number of halogens is 2. The Kier molecular flexibility index (Phi) is 4.12. The van der Waals surface area contributed by atoms with Gasteiger partial charge >= 0.3 is 0 Å². The molecule has 0 bridgehead atoms. The average Bonchev–Trinajstić information content (AvgIpc) is 2.30. The fraction of sp³-hybridized carbons (Fsp3) is 1.00. The number of fused-ring (bicyclic) bond motifs is 1. The highest BCUT2D eigenvalue weighted by atomic mass is 35.5. The zero-order valence-corrected chi connectivity index (χ0v) is 8.54. The van der Waals surface area contributed by atoms with E-state index < -0.39 is 0 Å². The van der Waals surface area contributed by atoms with Crippen LogP contribution in [-0.4, -0.2) is 38.1 Å². The molecular formula is C7H16Cl2N2. The van der Waals surface area contributed by atoms with Gasteiger partial charge in [-0.3, -0.25) is 0 Å². The van der Waals surface area contributed by atoms with Gasteiger partial charge in [-0.05, 0) is 39.0 Å². The van der Waals surface area contributed by atoms with Crippen LogP contribution >= 0.6 is 24.8 Å². The number of nitrogens with one attached hydrogen (secondary N) is 1. The molecule has 1 aliphatic heterocycles. The largest absolute Gasteiger partial charge is 0.316 e. The van der Waals surface area contributed by atoms with Crippen molar-refractivity contribution in [2.45, 2.75) is 6.04 Å². The Bertz CT molecular complexity index is 120. The summed E-state index contributed by atoms with van der Waals surface area (Å²) in [6.07, 6.45) is 0. The van der Waals surface area contributed by atoms with Crippen LogP contribution < -0.4 is 5.32 Å². The first-order valence-corrected chi connectivity index (χ1v) is 3.68. The Morgan fingerprint density at radius 1 is 1.09 bits per heavy atom. The molecule has 4 heteroatoms. The summed E-state index contributed by atoms with van der Waals surface area (Å²) in [5.74, 6) is 1.97. The summed E-state index contributed by atoms with van der Waals surface area (Å²) in [5, 5.41) is 3.38. The minimum atomic E-state index is 0. The summed E-state index contributed by atoms with van der Waals surface area (Å²) in [6, 6.07) is 0.909. The molecule has 0 spiro atoms. The zero-order chi connectivity index (χ0) is 6.43. The van der Waals surface area contributed by atoms with Crippen molar-refractivity contribution in [1.82, 2.24) is 10.2 Å². The Hall–Kier alpha value is 0.500. The van der Waals surface area contributed by atoms with Gasteiger partial charge in [0.2, 0.25) is 0 Å². The van der Waals surface area contributed by atoms with Crippen molar-refractivity contribution >= 4 is 24.8 Å². The van der Waals surface area contributed by atoms with E-state index in [9.17, 15) is 0 Å². The molecule has 0 radical (unpaired) electrons. The van der Waals surface area contributed by atoms with Crippen molar-refractivity contribution in [3.63, 3.8) is 0 Å². The van der Waals surface area contributed by atoms with Crippen molar-refractivity contribution in [2.24, 2.45) is 11.8 Å². The van der Waals surface area contributed by atoms with Crippen LogP contribution in [0.5, 0.6) is 0 Å². The smallest absolute Gasteiger partial charge is 0.0177 e. The van der Waals surface area contributed by atoms with Crippen molar-refractivity contribution < 1.29 is 0 Å². The maximum absolute atomic E-state index is 3.38. The van der Waals surface area contributed by atoms with Crippen molar-refractivity contribution in [2.75, 3.05) is 27.2 Å². The first-order chi connectivity index (χ1) is 4.30. The molecule has 3 atom stereocenters. The van der Waals surface area contributed by atoms with Crippen molar-refractivity contribution in [1.29, 1.82) is 0 Å². The standard InChI is InChI=1S/C7H14N2.2ClH/c1-9(2)7-5-3-8-4-6(5)7;;/h5-8H,3-4H2,1-2H3;2*1H/t5-,6+,7?;;. The summed E-state index contributed by atoms with van der Waals surface area (Å²) in [4.78, 5) is 2.36. The van der Waals surface area contributed by atoms with E-state index in [4.69, 9.17) is 0 Å². The topological polar surface area (TPSA) is 15.3 Å². The van der Waals surface area contributed by atoms with Crippen LogP contribution in [0.3, 0.4) is 0 Å². The van der Waals surface area contributed by atoms with Crippen LogP contribution in [0.1, 0.15) is 0 Å². The van der Waals surface area contributed by atoms with E-state index in [0.29, 0.717) is 0 Å². The highest BCUT2D eigenvalue weighted by Gasteiger charge is 2.53. The summed E-state index contributed by atoms with van der Waals surface area (Å²) >= 11 is 0. The van der Waals surface area contributed by atoms with Crippen molar-refractivity contribution in [3.05, 3.63) is 0 Å². The lowest BCUT2D eigenvalue weighted by molar-refractivity contribution is 0.350. The van der Waals surface area contributed by atoms with Gasteiger partial charge in [0.1, 0.15) is 0 Å². The molecular weight excluding hydrogens is 183 g/mol. The van der Waals surface area contributed by atoms with E-state index in [1.165, 1.54) is 13.1 Å². The van der Waals surface area contributed by atoms with E-state index in [1.54, 1.807) is 0 Å². The molecule has 1 heterocycles. The van der Waals surface area contributed by atoms with Gasteiger partial charge in [0.05, 0.1) is 0 Å². The highest BCUT2D eigenvalue weighted by Crippen LogP contribution is 2.44. The molecule has 0 aromatic carbocycles. The zero-order valence-electron chi connectivity index (χ0n) is 6.91. The Morgan fingerprint density at radius 2 is 1.55 bits per heavy atom. The molecule has 11 heavy (non-hydrogen) atoms. The molecule has 0 amide bonds. The lowest BCUT2D eigenvalue weighted by Crippen LogP contribution is -2.26. The highest BCUT2D eigenvalue weighted by molar-refractivity contribution is 5.85. The Morgan fingerprint density at radius 3 is 1.82 bits per heavy atom. The van der Waals surface area contributed by atoms with Crippen LogP contribution in [-0.2, 0) is 0 Å². The quantitative estimate of drug-likeness (QED) is 0.665. The van der Waals surface area contributed by atoms with Gasteiger partial charge in [-0.1, -0.05) is 0 Å². The van der Waals surface area contributed by atoms with Gasteiger partial charge in [0.15, 0.2) is 0 Å². The van der Waals surface area contributed by atoms with Gasteiger partial charge in [0, 0.05) is 6.04 Å². The fourth-order valence-electron chi connectivity index (χ4n) is 2.15. The van der Waals surface area contributed by atoms with Crippen LogP contribution in [0.4, 0.5) is 0 Å². The van der Waals surface area contributed by atoms with Gasteiger partial charge in [-0.15, -0.1) is 24.8 Å². The van der Waals surface area contributed by atoms with Crippen molar-refractivity contribution in [3.8, 4) is 0 Å². The van der Waals surface area contributed by atoms with Crippen LogP contribution in [0, 0.1) is 11.8 Å². The van der Waals surface area contributed by atoms with Crippen LogP contribution in [0.15, 0.2) is 0 Å². The normalized spacial score (nSPS) is 39.0. The number of nitrogens with zero attached hydrogens (tertiary/aromatic N) is 1. The lowest BCUT2D eigenvalue weighted by Gasteiger charge is -2.11. The van der Waals surface area contributed by atoms with E-state index in [2.05, 4.69) is 24.3 Å². The second kappa shape index (κ2) is 3.94. The van der Waals surface area contributed by atoms with Crippen LogP contribution in [0.25, 0.3) is 0 Å². The first kappa shape index (κ1) is 11.5. The molecule has 2 rings (SSSR count). The summed E-state index contributed by atoms with van der Waals surface area (Å²) in [6.45, 7) is 2.51. The molecule has 1 saturated heterocycles. The third-order valence-electron chi connectivity index (χ3n) is 2.64. The molecule has 1 unspecified atom stereocenters. The summed E-state index contributed by atoms with van der Waals surface area (Å²) < 4.78 is 0. The average molecular weight is 199 g/mol. The Balaban J connectivity index is 0.000000500. The fourth-order valence-corrected chi connectivity index (χ4v) is 2.15. The monoisotopic (exact) mass is 198 g/mol. The molecule has 1 saturated carbocycles. The molecule has 2 fully saturated rings. The first-order valence-electron chi connectivity index (χ1n) is 3.68. The maximum Gasteiger partial charge on any atom is 0.0177 e. The predicted octanol–water partition coefficient (Wildman–Crippen LogP) is 0.609. The second-order valence-electron chi connectivity index (χ2n) is 3.44. The second-order valence-corrected chi connectivity index (χ2v) is 3.44. The lowest BCUT2D eigenvalue weighted by atomic mass is 10.4. The van der Waals surface area contributed by atoms with Gasteiger partial charge in [-0.25, -0.2) is 0 Å². The molecule has 68 valence electrons. The van der Waals surface area contributed by atoms with E-state index in [1.807, 2.05) is 0 Å². The minimum Gasteiger partial charge on any atom is -0.316 e. The SMILES string of the molecule is CN(C)C1[C@H]2CNC[C@@H]12.Cl.Cl. The van der Waals surface area contributed by atoms with Crippen LogP contribution in [0.2, 0.25) is 0 Å². The third-order valence-corrected chi connectivity index (χ3v) is 2.64. The molecule has 2 nitrogen and oxygen atoms in total. The van der Waals surface area contributed by atoms with E-state index in [0.717, 1.165) is 17.9 Å². The maximum atomic E-state index is 3.38. The minimum absolute atomic E-state index is 0. The molecule has 0 aromatic heterocycles. The molecule has 1 N–H and O–H groups in total. The van der Waals surface area contributed by atoms with Gasteiger partial charge in [0.25, 0.3) is 0 Å². The van der Waals surface area contributed by atoms with E-state index >= 15 is 0 Å². The number of rotatable bonds is 1. The third kappa shape index (κ3) is 1.81. The number of hydrogen-bond donors (Lipinski definition) is 1.